The summed E-state index contributed by atoms with van der Waals surface area (Å²) >= 11 is 5.40. The van der Waals surface area contributed by atoms with Crippen molar-refractivity contribution in [3.8, 4) is 0 Å². The molecule has 1 aromatic heterocycles. The number of aliphatic hydroxyl groups excluding tert-OH is 1. The first-order valence-electron chi connectivity index (χ1n) is 14.6. The van der Waals surface area contributed by atoms with Gasteiger partial charge in [0, 0.05) is 29.8 Å². The van der Waals surface area contributed by atoms with Crippen molar-refractivity contribution in [1.29, 1.82) is 0 Å². The van der Waals surface area contributed by atoms with Gasteiger partial charge in [-0.1, -0.05) is 58.3 Å². The maximum absolute atomic E-state index is 14.6. The number of carbonyl (C=O) groups excluding carboxylic acids is 3. The molecule has 2 amide bonds. The summed E-state index contributed by atoms with van der Waals surface area (Å²) in [4.78, 5) is 45.7. The Labute approximate surface area is 258 Å². The number of rotatable bonds is 15. The highest BCUT2D eigenvalue weighted by molar-refractivity contribution is 9.09. The molecular formula is C30H38BrN5O5S. The van der Waals surface area contributed by atoms with E-state index >= 15 is 0 Å². The van der Waals surface area contributed by atoms with E-state index < -0.39 is 22.6 Å². The molecule has 3 aliphatic rings. The summed E-state index contributed by atoms with van der Waals surface area (Å²) < 4.78 is 6.54. The van der Waals surface area contributed by atoms with Gasteiger partial charge in [-0.25, -0.2) is 4.68 Å². The zero-order chi connectivity index (χ0) is 29.9. The Morgan fingerprint density at radius 2 is 2.00 bits per heavy atom. The molecule has 1 N–H and O–H groups in total. The van der Waals surface area contributed by atoms with Crippen molar-refractivity contribution in [3.05, 3.63) is 49.6 Å². The topological polar surface area (TPSA) is 118 Å². The molecule has 42 heavy (non-hydrogen) atoms. The Morgan fingerprint density at radius 3 is 2.76 bits per heavy atom. The number of carbonyl (C=O) groups is 3. The fraction of sp³-hybridized carbons (Fsp3) is 0.567. The molecule has 3 aliphatic heterocycles. The van der Waals surface area contributed by atoms with Crippen LogP contribution in [-0.2, 0) is 25.8 Å². The van der Waals surface area contributed by atoms with Crippen molar-refractivity contribution in [1.82, 2.24) is 24.8 Å². The van der Waals surface area contributed by atoms with Crippen molar-refractivity contribution in [2.45, 2.75) is 66.1 Å². The minimum absolute atomic E-state index is 0.0320. The number of likely N-dealkylation sites (tertiary alicyclic amines) is 1. The summed E-state index contributed by atoms with van der Waals surface area (Å²) in [6, 6.07) is 6.82. The third-order valence-corrected chi connectivity index (χ3v) is 11.8. The van der Waals surface area contributed by atoms with E-state index in [9.17, 15) is 19.5 Å². The number of para-hydroxylation sites is 1. The summed E-state index contributed by atoms with van der Waals surface area (Å²) in [5.74, 6) is -1.99. The number of hydrogen-bond acceptors (Lipinski definition) is 8. The normalized spacial score (nSPS) is 27.8. The van der Waals surface area contributed by atoms with Crippen LogP contribution in [0, 0.1) is 11.8 Å². The molecule has 3 saturated heterocycles. The molecule has 0 aliphatic carbocycles. The second kappa shape index (κ2) is 13.3. The second-order valence-corrected chi connectivity index (χ2v) is 13.9. The number of nitrogens with zero attached hydrogens (tertiary/aromatic N) is 5. The van der Waals surface area contributed by atoms with Gasteiger partial charge in [0.1, 0.15) is 18.2 Å². The number of unbranched alkanes of at least 4 members (excludes halogenated alkanes) is 3. The molecule has 1 spiro atoms. The van der Waals surface area contributed by atoms with Gasteiger partial charge in [-0.15, -0.1) is 30.0 Å². The van der Waals surface area contributed by atoms with Gasteiger partial charge in [0.2, 0.25) is 11.8 Å². The summed E-state index contributed by atoms with van der Waals surface area (Å²) in [6.45, 7) is 8.75. The van der Waals surface area contributed by atoms with Crippen LogP contribution in [0.1, 0.15) is 38.5 Å². The van der Waals surface area contributed by atoms with E-state index in [0.29, 0.717) is 32.2 Å². The van der Waals surface area contributed by atoms with Crippen LogP contribution in [0.3, 0.4) is 0 Å². The van der Waals surface area contributed by atoms with Crippen LogP contribution >= 0.6 is 27.7 Å². The smallest absolute Gasteiger partial charge is 0.310 e. The number of thioether (sulfide) groups is 1. The minimum Gasteiger partial charge on any atom is -0.465 e. The van der Waals surface area contributed by atoms with E-state index in [1.807, 2.05) is 24.3 Å². The Bertz CT molecular complexity index is 1340. The SMILES string of the molecule is C=CCCOC(=O)[C@H]1[C@H]2C(=O)N(CCCCCCO)C(C(=O)N(CC=C)Cn3nnc4ccccc43)C23CC(Br)[C@@H]1S3. The maximum atomic E-state index is 14.6. The van der Waals surface area contributed by atoms with Gasteiger partial charge in [-0.05, 0) is 37.8 Å². The molecule has 5 rings (SSSR count). The molecule has 3 unspecified atom stereocenters. The number of alkyl halides is 1. The van der Waals surface area contributed by atoms with Crippen molar-refractivity contribution in [2.24, 2.45) is 11.8 Å². The first-order valence-corrected chi connectivity index (χ1v) is 16.4. The van der Waals surface area contributed by atoms with Crippen LogP contribution < -0.4 is 0 Å². The molecule has 0 saturated carbocycles. The first-order chi connectivity index (χ1) is 20.4. The van der Waals surface area contributed by atoms with Crippen LogP contribution in [0.15, 0.2) is 49.6 Å². The third kappa shape index (κ3) is 5.53. The molecule has 3 fully saturated rings. The molecule has 1 aromatic carbocycles. The average Bonchev–Trinajstić information content (AvgIpc) is 3.70. The van der Waals surface area contributed by atoms with E-state index in [4.69, 9.17) is 4.74 Å². The monoisotopic (exact) mass is 659 g/mol. The average molecular weight is 661 g/mol. The Morgan fingerprint density at radius 1 is 1.21 bits per heavy atom. The van der Waals surface area contributed by atoms with Gasteiger partial charge < -0.3 is 19.6 Å². The van der Waals surface area contributed by atoms with Gasteiger partial charge in [-0.2, -0.15) is 0 Å². The third-order valence-electron chi connectivity index (χ3n) is 8.55. The fourth-order valence-corrected chi connectivity index (χ4v) is 10.3. The molecule has 2 aromatic rings. The first kappa shape index (κ1) is 30.7. The summed E-state index contributed by atoms with van der Waals surface area (Å²) in [7, 11) is 0. The van der Waals surface area contributed by atoms with Gasteiger partial charge in [0.25, 0.3) is 0 Å². The Hall–Kier alpha value is -2.70. The van der Waals surface area contributed by atoms with Crippen LogP contribution in [0.25, 0.3) is 11.0 Å². The predicted octanol–water partition coefficient (Wildman–Crippen LogP) is 3.54. The lowest BCUT2D eigenvalue weighted by molar-refractivity contribution is -0.154. The molecule has 226 valence electrons. The lowest BCUT2D eigenvalue weighted by Gasteiger charge is -2.37. The maximum Gasteiger partial charge on any atom is 0.310 e. The molecule has 12 heteroatoms. The number of aromatic nitrogens is 3. The van der Waals surface area contributed by atoms with Crippen LogP contribution in [0.2, 0.25) is 0 Å². The second-order valence-electron chi connectivity index (χ2n) is 11.1. The van der Waals surface area contributed by atoms with Gasteiger partial charge >= 0.3 is 5.97 Å². The minimum atomic E-state index is -0.760. The lowest BCUT2D eigenvalue weighted by Crippen LogP contribution is -2.55. The fourth-order valence-electron chi connectivity index (χ4n) is 6.73. The zero-order valence-corrected chi connectivity index (χ0v) is 26.0. The number of halogens is 1. The van der Waals surface area contributed by atoms with E-state index in [2.05, 4.69) is 39.4 Å². The molecule has 2 bridgehead atoms. The van der Waals surface area contributed by atoms with E-state index in [1.54, 1.807) is 38.4 Å². The number of benzene rings is 1. The lowest BCUT2D eigenvalue weighted by atomic mass is 9.71. The molecule has 6 atom stereocenters. The highest BCUT2D eigenvalue weighted by Gasteiger charge is 2.76. The van der Waals surface area contributed by atoms with Gasteiger partial charge in [0.15, 0.2) is 0 Å². The highest BCUT2D eigenvalue weighted by Crippen LogP contribution is 2.68. The highest BCUT2D eigenvalue weighted by atomic mass is 79.9. The van der Waals surface area contributed by atoms with Crippen LogP contribution in [0.4, 0.5) is 0 Å². The van der Waals surface area contributed by atoms with E-state index in [0.717, 1.165) is 23.9 Å². The zero-order valence-electron chi connectivity index (χ0n) is 23.6. The van der Waals surface area contributed by atoms with Crippen LogP contribution in [-0.4, -0.2) is 94.9 Å². The van der Waals surface area contributed by atoms with Crippen LogP contribution in [0.5, 0.6) is 0 Å². The Kier molecular flexibility index (Phi) is 9.74. The van der Waals surface area contributed by atoms with Crippen molar-refractivity contribution in [2.75, 3.05) is 26.3 Å². The summed E-state index contributed by atoms with van der Waals surface area (Å²) in [6.07, 6.45) is 7.57. The summed E-state index contributed by atoms with van der Waals surface area (Å²) in [5.41, 5.74) is 1.53. The summed E-state index contributed by atoms with van der Waals surface area (Å²) in [5, 5.41) is 17.6. The molecule has 10 nitrogen and oxygen atoms in total. The number of esters is 1. The Balaban J connectivity index is 1.47. The van der Waals surface area contributed by atoms with Gasteiger partial charge in [0.05, 0.1) is 28.7 Å². The predicted molar refractivity (Wildman–Crippen MR) is 165 cm³/mol. The number of amides is 2. The number of ether oxygens (including phenoxy) is 1. The molecular weight excluding hydrogens is 622 g/mol. The number of fused-ring (bicyclic) bond motifs is 2. The largest absolute Gasteiger partial charge is 0.465 e. The van der Waals surface area contributed by atoms with Crippen molar-refractivity contribution < 1.29 is 24.2 Å². The van der Waals surface area contributed by atoms with Gasteiger partial charge in [-0.3, -0.25) is 14.4 Å². The molecule has 4 heterocycles. The van der Waals surface area contributed by atoms with E-state index in [-0.39, 0.29) is 54.3 Å². The quantitative estimate of drug-likeness (QED) is 0.134. The standard InChI is InChI=1S/C30H38BrN5O5S/c1-3-5-17-41-29(40)23-24-27(38)35(15-10-6-7-11-16-37)26(30(24)18-20(31)25(23)42-30)28(39)34(14-4-2)19-36-22-13-9-8-12-21(22)32-33-36/h3-4,8-9,12-13,20,23-26,37H,1-2,5-7,10-11,14-19H2/t20?,23-,24-,25-,26?,30?/m0/s1. The number of hydrogen-bond donors (Lipinski definition) is 1. The van der Waals surface area contributed by atoms with Crippen molar-refractivity contribution in [3.63, 3.8) is 0 Å². The van der Waals surface area contributed by atoms with E-state index in [1.165, 1.54) is 0 Å². The van der Waals surface area contributed by atoms with Crippen molar-refractivity contribution >= 4 is 56.5 Å². The molecule has 0 radical (unpaired) electrons. The number of aliphatic hydroxyl groups is 1.